The molecule has 1 aromatic rings. The van der Waals surface area contributed by atoms with E-state index in [0.717, 1.165) is 35.5 Å². The number of benzene rings is 1. The van der Waals surface area contributed by atoms with Gasteiger partial charge in [0.2, 0.25) is 0 Å². The quantitative estimate of drug-likeness (QED) is 0.865. The van der Waals surface area contributed by atoms with Gasteiger partial charge in [-0.3, -0.25) is 0 Å². The van der Waals surface area contributed by atoms with Gasteiger partial charge in [0.15, 0.2) is 0 Å². The summed E-state index contributed by atoms with van der Waals surface area (Å²) < 4.78 is 10.7. The van der Waals surface area contributed by atoms with Gasteiger partial charge in [0.1, 0.15) is 11.5 Å². The van der Waals surface area contributed by atoms with Gasteiger partial charge >= 0.3 is 0 Å². The van der Waals surface area contributed by atoms with E-state index >= 15 is 0 Å². The second-order valence-corrected chi connectivity index (χ2v) is 3.37. The summed E-state index contributed by atoms with van der Waals surface area (Å²) in [6.07, 6.45) is 1.74. The Morgan fingerprint density at radius 3 is 1.94 bits per heavy atom. The van der Waals surface area contributed by atoms with Crippen LogP contribution in [0.25, 0.3) is 0 Å². The minimum atomic E-state index is 0. The van der Waals surface area contributed by atoms with Crippen LogP contribution in [0.15, 0.2) is 12.1 Å². The largest absolute Gasteiger partial charge is 0.496 e. The molecule has 2 N–H and O–H groups in total. The van der Waals surface area contributed by atoms with Crippen LogP contribution in [0.5, 0.6) is 11.5 Å². The maximum atomic E-state index is 5.53. The maximum absolute atomic E-state index is 5.53. The monoisotopic (exact) mass is 245 g/mol. The first-order valence-corrected chi connectivity index (χ1v) is 5.20. The second kappa shape index (κ2) is 7.36. The van der Waals surface area contributed by atoms with E-state index in [4.69, 9.17) is 15.2 Å². The zero-order valence-electron chi connectivity index (χ0n) is 10.1. The van der Waals surface area contributed by atoms with Gasteiger partial charge in [0.05, 0.1) is 14.2 Å². The van der Waals surface area contributed by atoms with Gasteiger partial charge in [-0.1, -0.05) is 6.92 Å². The number of ether oxygens (including phenoxy) is 2. The molecule has 0 spiro atoms. The molecule has 0 aliphatic heterocycles. The highest BCUT2D eigenvalue weighted by Gasteiger charge is 2.10. The van der Waals surface area contributed by atoms with Gasteiger partial charge in [-0.2, -0.15) is 0 Å². The summed E-state index contributed by atoms with van der Waals surface area (Å²) in [6, 6.07) is 4.07. The van der Waals surface area contributed by atoms with Crippen LogP contribution in [0.1, 0.15) is 18.1 Å². The van der Waals surface area contributed by atoms with Crippen molar-refractivity contribution in [3.63, 3.8) is 0 Å². The van der Waals surface area contributed by atoms with Crippen LogP contribution >= 0.6 is 12.4 Å². The zero-order valence-corrected chi connectivity index (χ0v) is 10.9. The molecule has 0 heterocycles. The highest BCUT2D eigenvalue weighted by atomic mass is 35.5. The first kappa shape index (κ1) is 15.1. The van der Waals surface area contributed by atoms with Crippen molar-refractivity contribution in [2.45, 2.75) is 19.8 Å². The molecule has 0 radical (unpaired) electrons. The van der Waals surface area contributed by atoms with Crippen LogP contribution in [0, 0.1) is 0 Å². The molecule has 4 heteroatoms. The minimum absolute atomic E-state index is 0. The fourth-order valence-corrected chi connectivity index (χ4v) is 1.70. The van der Waals surface area contributed by atoms with Crippen molar-refractivity contribution in [2.75, 3.05) is 20.8 Å². The lowest BCUT2D eigenvalue weighted by atomic mass is 10.0. The Kier molecular flexibility index (Phi) is 6.93. The van der Waals surface area contributed by atoms with Crippen LogP contribution in [0.2, 0.25) is 0 Å². The molecule has 0 bridgehead atoms. The molecule has 0 saturated heterocycles. The molecule has 0 aliphatic rings. The lowest BCUT2D eigenvalue weighted by Crippen LogP contribution is -2.04. The van der Waals surface area contributed by atoms with E-state index in [1.165, 1.54) is 0 Å². The maximum Gasteiger partial charge on any atom is 0.126 e. The molecule has 0 aromatic heterocycles. The average molecular weight is 246 g/mol. The predicted molar refractivity (Wildman–Crippen MR) is 68.9 cm³/mol. The Bertz CT molecular complexity index is 304. The molecule has 0 saturated carbocycles. The molecule has 16 heavy (non-hydrogen) atoms. The van der Waals surface area contributed by atoms with E-state index in [2.05, 4.69) is 6.92 Å². The Labute approximate surface area is 103 Å². The third kappa shape index (κ3) is 3.29. The molecule has 0 atom stereocenters. The fourth-order valence-electron chi connectivity index (χ4n) is 1.70. The molecule has 0 amide bonds. The molecule has 1 aromatic carbocycles. The normalized spacial score (nSPS) is 9.50. The minimum Gasteiger partial charge on any atom is -0.496 e. The van der Waals surface area contributed by atoms with E-state index in [1.54, 1.807) is 14.2 Å². The van der Waals surface area contributed by atoms with Gasteiger partial charge in [-0.05, 0) is 37.1 Å². The first-order chi connectivity index (χ1) is 7.26. The van der Waals surface area contributed by atoms with Gasteiger partial charge in [-0.25, -0.2) is 0 Å². The first-order valence-electron chi connectivity index (χ1n) is 5.20. The number of hydrogen-bond donors (Lipinski definition) is 1. The molecular formula is C12H20ClNO2. The smallest absolute Gasteiger partial charge is 0.126 e. The third-order valence-corrected chi connectivity index (χ3v) is 2.45. The average Bonchev–Trinajstić information content (AvgIpc) is 2.28. The van der Waals surface area contributed by atoms with Gasteiger partial charge in [-0.15, -0.1) is 12.4 Å². The van der Waals surface area contributed by atoms with Gasteiger partial charge < -0.3 is 15.2 Å². The highest BCUT2D eigenvalue weighted by molar-refractivity contribution is 5.85. The van der Waals surface area contributed by atoms with Crippen LogP contribution in [-0.2, 0) is 12.8 Å². The predicted octanol–water partition coefficient (Wildman–Crippen LogP) is 2.19. The lowest BCUT2D eigenvalue weighted by molar-refractivity contribution is 0.385. The van der Waals surface area contributed by atoms with E-state index in [1.807, 2.05) is 12.1 Å². The summed E-state index contributed by atoms with van der Waals surface area (Å²) in [6.45, 7) is 2.72. The van der Waals surface area contributed by atoms with Crippen LogP contribution in [-0.4, -0.2) is 20.8 Å². The molecule has 1 rings (SSSR count). The molecule has 0 fully saturated rings. The van der Waals surface area contributed by atoms with Crippen molar-refractivity contribution in [1.82, 2.24) is 0 Å². The number of nitrogens with two attached hydrogens (primary N) is 1. The molecular weight excluding hydrogens is 226 g/mol. The van der Waals surface area contributed by atoms with Crippen molar-refractivity contribution in [3.8, 4) is 11.5 Å². The van der Waals surface area contributed by atoms with E-state index in [0.29, 0.717) is 6.54 Å². The Hall–Kier alpha value is -0.930. The van der Waals surface area contributed by atoms with Crippen molar-refractivity contribution < 1.29 is 9.47 Å². The number of methoxy groups -OCH3 is 2. The molecule has 0 unspecified atom stereocenters. The fraction of sp³-hybridized carbons (Fsp3) is 0.500. The van der Waals surface area contributed by atoms with Crippen molar-refractivity contribution in [3.05, 3.63) is 23.3 Å². The van der Waals surface area contributed by atoms with Crippen LogP contribution in [0.4, 0.5) is 0 Å². The lowest BCUT2D eigenvalue weighted by Gasteiger charge is -2.13. The summed E-state index contributed by atoms with van der Waals surface area (Å²) in [4.78, 5) is 0. The molecule has 3 nitrogen and oxygen atoms in total. The SMILES string of the molecule is CCc1c(OC)cc(CCN)cc1OC.Cl. The Balaban J connectivity index is 0.00000225. The summed E-state index contributed by atoms with van der Waals surface area (Å²) in [5, 5.41) is 0. The topological polar surface area (TPSA) is 44.5 Å². The van der Waals surface area contributed by atoms with E-state index in [9.17, 15) is 0 Å². The zero-order chi connectivity index (χ0) is 11.3. The summed E-state index contributed by atoms with van der Waals surface area (Å²) in [5.74, 6) is 1.78. The highest BCUT2D eigenvalue weighted by Crippen LogP contribution is 2.30. The summed E-state index contributed by atoms with van der Waals surface area (Å²) >= 11 is 0. The standard InChI is InChI=1S/C12H19NO2.ClH/c1-4-10-11(14-2)7-9(5-6-13)8-12(10)15-3;/h7-8H,4-6,13H2,1-3H3;1H. The summed E-state index contributed by atoms with van der Waals surface area (Å²) in [7, 11) is 3.36. The van der Waals surface area contributed by atoms with Crippen LogP contribution in [0.3, 0.4) is 0 Å². The number of hydrogen-bond acceptors (Lipinski definition) is 3. The molecule has 0 aliphatic carbocycles. The van der Waals surface area contributed by atoms with E-state index in [-0.39, 0.29) is 12.4 Å². The number of halogens is 1. The van der Waals surface area contributed by atoms with E-state index < -0.39 is 0 Å². The van der Waals surface area contributed by atoms with Crippen LogP contribution < -0.4 is 15.2 Å². The van der Waals surface area contributed by atoms with Crippen molar-refractivity contribution in [1.29, 1.82) is 0 Å². The Morgan fingerprint density at radius 2 is 1.62 bits per heavy atom. The third-order valence-electron chi connectivity index (χ3n) is 2.45. The molecule has 92 valence electrons. The second-order valence-electron chi connectivity index (χ2n) is 3.37. The van der Waals surface area contributed by atoms with Crippen molar-refractivity contribution in [2.24, 2.45) is 5.73 Å². The summed E-state index contributed by atoms with van der Waals surface area (Å²) in [5.41, 5.74) is 7.80. The van der Waals surface area contributed by atoms with Crippen molar-refractivity contribution >= 4 is 12.4 Å². The Morgan fingerprint density at radius 1 is 1.12 bits per heavy atom. The van der Waals surface area contributed by atoms with Gasteiger partial charge in [0.25, 0.3) is 0 Å². The van der Waals surface area contributed by atoms with Gasteiger partial charge in [0, 0.05) is 5.56 Å². The number of rotatable bonds is 5.